The van der Waals surface area contributed by atoms with Gasteiger partial charge in [-0.05, 0) is 26.0 Å². The summed E-state index contributed by atoms with van der Waals surface area (Å²) in [5, 5.41) is 0. The zero-order valence-corrected chi connectivity index (χ0v) is 7.57. The minimum absolute atomic E-state index is 0.708. The molecule has 1 aromatic rings. The van der Waals surface area contributed by atoms with Gasteiger partial charge in [0.05, 0.1) is 0 Å². The normalized spacial score (nSPS) is 9.31. The van der Waals surface area contributed by atoms with Gasteiger partial charge in [0.25, 0.3) is 0 Å². The highest BCUT2D eigenvalue weighted by Gasteiger charge is 2.19. The van der Waals surface area contributed by atoms with Crippen LogP contribution in [0.5, 0.6) is 0 Å². The maximum absolute atomic E-state index is 6.83. The molecule has 1 rings (SSSR count). The lowest BCUT2D eigenvalue weighted by molar-refractivity contribution is 1.01. The van der Waals surface area contributed by atoms with Crippen LogP contribution in [0, 0.1) is 27.0 Å². The third-order valence-electron chi connectivity index (χ3n) is 1.65. The molecule has 0 amide bonds. The van der Waals surface area contributed by atoms with E-state index in [2.05, 4.69) is 14.7 Å². The minimum atomic E-state index is -0.708. The number of hydrogen-bond acceptors (Lipinski definition) is 1. The quantitative estimate of drug-likeness (QED) is 0.595. The Kier molecular flexibility index (Phi) is 2.62. The van der Waals surface area contributed by atoms with Crippen LogP contribution in [-0.2, 0) is 0 Å². The van der Waals surface area contributed by atoms with Crippen LogP contribution in [0.4, 0.5) is 0 Å². The van der Waals surface area contributed by atoms with Crippen molar-refractivity contribution in [3.05, 3.63) is 51.9 Å². The molecule has 0 atom stereocenters. The van der Waals surface area contributed by atoms with Crippen LogP contribution in [0.15, 0.2) is 12.1 Å². The Balaban J connectivity index is 3.17. The van der Waals surface area contributed by atoms with E-state index >= 15 is 0 Å². The molecule has 0 fully saturated rings. The number of hydrogen-bond donors (Lipinski definition) is 0. The minimum Gasteiger partial charge on any atom is -0.258 e. The fourth-order valence-electron chi connectivity index (χ4n) is 1.19. The Morgan fingerprint density at radius 3 is 2.00 bits per heavy atom. The topological polar surface area (TPSA) is 21.6 Å². The standard InChI is InChI=1S/C10H9N3/c1-7-5-9(6-8(2)13-7)10(11-3)12-4/h5-6,10H,1-2H3. The zero-order chi connectivity index (χ0) is 9.84. The molecule has 0 aliphatic carbocycles. The summed E-state index contributed by atoms with van der Waals surface area (Å²) < 4.78 is 0. The summed E-state index contributed by atoms with van der Waals surface area (Å²) in [6.07, 6.45) is -0.708. The average Bonchev–Trinajstić information content (AvgIpc) is 2.04. The van der Waals surface area contributed by atoms with E-state index in [-0.39, 0.29) is 0 Å². The fraction of sp³-hybridized carbons (Fsp3) is 0.300. The molecule has 0 aliphatic heterocycles. The van der Waals surface area contributed by atoms with Gasteiger partial charge in [-0.25, -0.2) is 22.8 Å². The Morgan fingerprint density at radius 1 is 1.15 bits per heavy atom. The van der Waals surface area contributed by atoms with Crippen LogP contribution in [0.25, 0.3) is 9.69 Å². The lowest BCUT2D eigenvalue weighted by atomic mass is 10.1. The largest absolute Gasteiger partial charge is 0.502 e. The molecule has 3 heteroatoms. The number of pyridine rings is 1. The highest BCUT2D eigenvalue weighted by atomic mass is 14.9. The summed E-state index contributed by atoms with van der Waals surface area (Å²) in [5.74, 6) is 0. The Morgan fingerprint density at radius 2 is 1.62 bits per heavy atom. The van der Waals surface area contributed by atoms with Gasteiger partial charge in [-0.2, -0.15) is 0 Å². The summed E-state index contributed by atoms with van der Waals surface area (Å²) >= 11 is 0. The van der Waals surface area contributed by atoms with Gasteiger partial charge >= 0.3 is 6.17 Å². The maximum Gasteiger partial charge on any atom is 0.502 e. The number of aromatic nitrogens is 1. The summed E-state index contributed by atoms with van der Waals surface area (Å²) in [5.41, 5.74) is 2.45. The van der Waals surface area contributed by atoms with Gasteiger partial charge in [-0.15, -0.1) is 0 Å². The first kappa shape index (κ1) is 9.22. The zero-order valence-electron chi connectivity index (χ0n) is 7.57. The molecule has 64 valence electrons. The third kappa shape index (κ3) is 2.04. The lowest BCUT2D eigenvalue weighted by Crippen LogP contribution is -1.93. The van der Waals surface area contributed by atoms with Crippen LogP contribution < -0.4 is 0 Å². The summed E-state index contributed by atoms with van der Waals surface area (Å²) in [7, 11) is 0. The van der Waals surface area contributed by atoms with Gasteiger partial charge in [0.1, 0.15) is 5.56 Å². The van der Waals surface area contributed by atoms with Gasteiger partial charge in [-0.1, -0.05) is 0 Å². The molecule has 0 bridgehead atoms. The first-order chi connectivity index (χ1) is 6.17. The predicted molar refractivity (Wildman–Crippen MR) is 49.7 cm³/mol. The third-order valence-corrected chi connectivity index (χ3v) is 1.65. The van der Waals surface area contributed by atoms with Crippen LogP contribution in [-0.4, -0.2) is 4.98 Å². The van der Waals surface area contributed by atoms with Crippen molar-refractivity contribution in [2.75, 3.05) is 0 Å². The van der Waals surface area contributed by atoms with E-state index in [9.17, 15) is 0 Å². The molecule has 0 N–H and O–H groups in total. The number of aryl methyl sites for hydroxylation is 2. The molecule has 0 spiro atoms. The Bertz CT molecular complexity index is 361. The van der Waals surface area contributed by atoms with Gasteiger partial charge in [0.2, 0.25) is 0 Å². The molecule has 1 heterocycles. The molecule has 0 saturated heterocycles. The Labute approximate surface area is 77.7 Å². The van der Waals surface area contributed by atoms with Crippen molar-refractivity contribution in [1.82, 2.24) is 4.98 Å². The monoisotopic (exact) mass is 171 g/mol. The van der Waals surface area contributed by atoms with Gasteiger partial charge in [0.15, 0.2) is 0 Å². The van der Waals surface area contributed by atoms with Crippen molar-refractivity contribution >= 4 is 0 Å². The number of nitrogens with zero attached hydrogens (tertiary/aromatic N) is 3. The van der Waals surface area contributed by atoms with E-state index in [4.69, 9.17) is 13.1 Å². The van der Waals surface area contributed by atoms with Crippen molar-refractivity contribution in [2.45, 2.75) is 20.0 Å². The van der Waals surface area contributed by atoms with E-state index in [0.29, 0.717) is 0 Å². The van der Waals surface area contributed by atoms with Crippen molar-refractivity contribution in [1.29, 1.82) is 0 Å². The molecular formula is C10H9N3. The highest BCUT2D eigenvalue weighted by molar-refractivity contribution is 5.27. The smallest absolute Gasteiger partial charge is 0.258 e. The van der Waals surface area contributed by atoms with Crippen molar-refractivity contribution in [3.63, 3.8) is 0 Å². The molecule has 0 unspecified atom stereocenters. The maximum atomic E-state index is 6.83. The second kappa shape index (κ2) is 3.69. The van der Waals surface area contributed by atoms with Gasteiger partial charge in [0, 0.05) is 11.4 Å². The van der Waals surface area contributed by atoms with Crippen LogP contribution >= 0.6 is 0 Å². The van der Waals surface area contributed by atoms with Crippen molar-refractivity contribution in [3.8, 4) is 0 Å². The second-order valence-electron chi connectivity index (χ2n) is 2.82. The summed E-state index contributed by atoms with van der Waals surface area (Å²) in [6.45, 7) is 17.4. The van der Waals surface area contributed by atoms with E-state index in [1.807, 2.05) is 13.8 Å². The van der Waals surface area contributed by atoms with E-state index < -0.39 is 6.17 Å². The van der Waals surface area contributed by atoms with Crippen LogP contribution in [0.1, 0.15) is 23.1 Å². The molecule has 0 aromatic carbocycles. The first-order valence-corrected chi connectivity index (χ1v) is 3.85. The SMILES string of the molecule is [C-]#[N+]C([N+]#[C-])c1cc(C)nc(C)c1. The van der Waals surface area contributed by atoms with Crippen LogP contribution in [0.2, 0.25) is 0 Å². The van der Waals surface area contributed by atoms with E-state index in [0.717, 1.165) is 17.0 Å². The molecule has 0 aliphatic rings. The van der Waals surface area contributed by atoms with Crippen molar-refractivity contribution in [2.24, 2.45) is 0 Å². The van der Waals surface area contributed by atoms with E-state index in [1.54, 1.807) is 12.1 Å². The highest BCUT2D eigenvalue weighted by Crippen LogP contribution is 2.19. The molecule has 1 aromatic heterocycles. The van der Waals surface area contributed by atoms with Gasteiger partial charge in [-0.3, -0.25) is 4.98 Å². The molecule has 3 nitrogen and oxygen atoms in total. The first-order valence-electron chi connectivity index (χ1n) is 3.85. The number of rotatable bonds is 1. The molecular weight excluding hydrogens is 162 g/mol. The summed E-state index contributed by atoms with van der Waals surface area (Å²) in [6, 6.07) is 3.57. The van der Waals surface area contributed by atoms with Crippen molar-refractivity contribution < 1.29 is 0 Å². The second-order valence-corrected chi connectivity index (χ2v) is 2.82. The van der Waals surface area contributed by atoms with Gasteiger partial charge < -0.3 is 0 Å². The molecule has 13 heavy (non-hydrogen) atoms. The summed E-state index contributed by atoms with van der Waals surface area (Å²) in [4.78, 5) is 10.6. The fourth-order valence-corrected chi connectivity index (χ4v) is 1.19. The average molecular weight is 171 g/mol. The van der Waals surface area contributed by atoms with E-state index in [1.165, 1.54) is 0 Å². The van der Waals surface area contributed by atoms with Crippen LogP contribution in [0.3, 0.4) is 0 Å². The molecule has 0 saturated carbocycles. The Hall–Kier alpha value is -1.87. The molecule has 0 radical (unpaired) electrons. The lowest BCUT2D eigenvalue weighted by Gasteiger charge is -1.98. The predicted octanol–water partition coefficient (Wildman–Crippen LogP) is 2.54.